The van der Waals surface area contributed by atoms with Gasteiger partial charge in [-0.2, -0.15) is 26.3 Å². The quantitative estimate of drug-likeness (QED) is 0.935. The van der Waals surface area contributed by atoms with Gasteiger partial charge < -0.3 is 10.2 Å². The molecule has 0 atom stereocenters. The molecule has 0 spiro atoms. The summed E-state index contributed by atoms with van der Waals surface area (Å²) in [7, 11) is 3.83. The van der Waals surface area contributed by atoms with Gasteiger partial charge in [-0.1, -0.05) is 0 Å². The van der Waals surface area contributed by atoms with Gasteiger partial charge in [-0.15, -0.1) is 0 Å². The van der Waals surface area contributed by atoms with Crippen molar-refractivity contribution in [1.29, 1.82) is 0 Å². The predicted octanol–water partition coefficient (Wildman–Crippen LogP) is 2.86. The number of rotatable bonds is 4. The summed E-state index contributed by atoms with van der Waals surface area (Å²) in [6, 6.07) is 0. The molecule has 2 aromatic rings. The molecule has 0 amide bonds. The van der Waals surface area contributed by atoms with Crippen molar-refractivity contribution in [2.75, 3.05) is 30.9 Å². The normalized spacial score (nSPS) is 10.4. The van der Waals surface area contributed by atoms with Crippen molar-refractivity contribution >= 4 is 39.2 Å². The molecule has 5 nitrogen and oxygen atoms in total. The lowest BCUT2D eigenvalue weighted by molar-refractivity contribution is 0.954. The average Bonchev–Trinajstić information content (AvgIpc) is 2.75. The van der Waals surface area contributed by atoms with E-state index in [0.717, 1.165) is 16.6 Å². The first kappa shape index (κ1) is 13.2. The molecule has 0 saturated carbocycles. The fourth-order valence-electron chi connectivity index (χ4n) is 1.36. The maximum atomic E-state index is 4.46. The summed E-state index contributed by atoms with van der Waals surface area (Å²) in [5, 5.41) is 7.16. The molecule has 96 valence electrons. The molecule has 0 fully saturated rings. The summed E-state index contributed by atoms with van der Waals surface area (Å²) >= 11 is 5.12. The standard InChI is InChI=1S/C11H14BrN5S/c1-4-13-10-14-9(7-5-18-6-8(7)12)15-11(16-10)17(2)3/h5-6H,4H2,1-3H3,(H,13,14,15,16). The second-order valence-electron chi connectivity index (χ2n) is 3.84. The Morgan fingerprint density at radius 1 is 1.28 bits per heavy atom. The average molecular weight is 328 g/mol. The van der Waals surface area contributed by atoms with E-state index >= 15 is 0 Å². The van der Waals surface area contributed by atoms with Crippen LogP contribution in [0.25, 0.3) is 11.4 Å². The van der Waals surface area contributed by atoms with E-state index in [1.807, 2.05) is 36.7 Å². The Morgan fingerprint density at radius 3 is 2.61 bits per heavy atom. The molecular weight excluding hydrogens is 314 g/mol. The first-order chi connectivity index (χ1) is 8.61. The number of nitrogens with one attached hydrogen (secondary N) is 1. The summed E-state index contributed by atoms with van der Waals surface area (Å²) in [4.78, 5) is 15.1. The van der Waals surface area contributed by atoms with Gasteiger partial charge in [0.2, 0.25) is 11.9 Å². The van der Waals surface area contributed by atoms with Crippen LogP contribution in [0.2, 0.25) is 0 Å². The SMILES string of the molecule is CCNc1nc(-c2cscc2Br)nc(N(C)C)n1. The topological polar surface area (TPSA) is 53.9 Å². The van der Waals surface area contributed by atoms with Gasteiger partial charge in [-0.25, -0.2) is 0 Å². The Bertz CT molecular complexity index is 540. The summed E-state index contributed by atoms with van der Waals surface area (Å²) in [6.07, 6.45) is 0. The van der Waals surface area contributed by atoms with Crippen molar-refractivity contribution in [3.05, 3.63) is 15.2 Å². The van der Waals surface area contributed by atoms with E-state index in [-0.39, 0.29) is 0 Å². The van der Waals surface area contributed by atoms with Crippen LogP contribution in [-0.2, 0) is 0 Å². The van der Waals surface area contributed by atoms with Crippen LogP contribution in [0.3, 0.4) is 0 Å². The Labute approximate surface area is 118 Å². The number of aromatic nitrogens is 3. The lowest BCUT2D eigenvalue weighted by Gasteiger charge is -2.12. The maximum absolute atomic E-state index is 4.46. The zero-order chi connectivity index (χ0) is 13.1. The molecule has 0 aliphatic rings. The van der Waals surface area contributed by atoms with Crippen LogP contribution < -0.4 is 10.2 Å². The molecule has 0 aromatic carbocycles. The fraction of sp³-hybridized carbons (Fsp3) is 0.364. The first-order valence-corrected chi connectivity index (χ1v) is 7.24. The number of thiophene rings is 1. The first-order valence-electron chi connectivity index (χ1n) is 5.51. The lowest BCUT2D eigenvalue weighted by atomic mass is 10.3. The molecule has 7 heteroatoms. The Kier molecular flexibility index (Phi) is 4.13. The molecule has 18 heavy (non-hydrogen) atoms. The van der Waals surface area contributed by atoms with Crippen LogP contribution in [0.5, 0.6) is 0 Å². The molecule has 2 aromatic heterocycles. The van der Waals surface area contributed by atoms with Crippen LogP contribution >= 0.6 is 27.3 Å². The van der Waals surface area contributed by atoms with Crippen molar-refractivity contribution in [1.82, 2.24) is 15.0 Å². The molecule has 0 aliphatic heterocycles. The Hall–Kier alpha value is -1.21. The van der Waals surface area contributed by atoms with Gasteiger partial charge in [0.05, 0.1) is 0 Å². The summed E-state index contributed by atoms with van der Waals surface area (Å²) in [5.74, 6) is 1.93. The zero-order valence-electron chi connectivity index (χ0n) is 10.4. The molecule has 0 radical (unpaired) electrons. The van der Waals surface area contributed by atoms with Crippen LogP contribution in [0.4, 0.5) is 11.9 Å². The zero-order valence-corrected chi connectivity index (χ0v) is 12.8. The highest BCUT2D eigenvalue weighted by atomic mass is 79.9. The van der Waals surface area contributed by atoms with E-state index in [1.54, 1.807) is 11.3 Å². The minimum Gasteiger partial charge on any atom is -0.354 e. The van der Waals surface area contributed by atoms with Crippen LogP contribution in [0, 0.1) is 0 Å². The van der Waals surface area contributed by atoms with Crippen molar-refractivity contribution < 1.29 is 0 Å². The molecule has 0 saturated heterocycles. The Balaban J connectivity index is 2.50. The van der Waals surface area contributed by atoms with Crippen LogP contribution in [0.1, 0.15) is 6.92 Å². The number of hydrogen-bond donors (Lipinski definition) is 1. The van der Waals surface area contributed by atoms with Crippen molar-refractivity contribution in [2.45, 2.75) is 6.92 Å². The van der Waals surface area contributed by atoms with E-state index in [0.29, 0.717) is 17.7 Å². The number of nitrogens with zero attached hydrogens (tertiary/aromatic N) is 4. The number of halogens is 1. The molecule has 1 N–H and O–H groups in total. The molecular formula is C11H14BrN5S. The molecule has 0 aliphatic carbocycles. The Morgan fingerprint density at radius 2 is 2.06 bits per heavy atom. The van der Waals surface area contributed by atoms with E-state index in [2.05, 4.69) is 36.2 Å². The summed E-state index contributed by atoms with van der Waals surface area (Å²) in [5.41, 5.74) is 0.990. The molecule has 0 bridgehead atoms. The minimum atomic E-state index is 0.601. The largest absolute Gasteiger partial charge is 0.354 e. The molecule has 0 unspecified atom stereocenters. The van der Waals surface area contributed by atoms with Gasteiger partial charge >= 0.3 is 0 Å². The third-order valence-corrected chi connectivity index (χ3v) is 3.92. The molecule has 2 heterocycles. The van der Waals surface area contributed by atoms with Crippen molar-refractivity contribution in [3.8, 4) is 11.4 Å². The van der Waals surface area contributed by atoms with Gasteiger partial charge in [0.1, 0.15) is 0 Å². The third-order valence-electron chi connectivity index (χ3n) is 2.21. The van der Waals surface area contributed by atoms with Gasteiger partial charge in [-0.05, 0) is 22.9 Å². The highest BCUT2D eigenvalue weighted by Gasteiger charge is 2.12. The van der Waals surface area contributed by atoms with Crippen LogP contribution in [0.15, 0.2) is 15.2 Å². The fourth-order valence-corrected chi connectivity index (χ4v) is 2.81. The molecule has 2 rings (SSSR count). The van der Waals surface area contributed by atoms with Gasteiger partial charge in [0.25, 0.3) is 0 Å². The minimum absolute atomic E-state index is 0.601. The van der Waals surface area contributed by atoms with Gasteiger partial charge in [0.15, 0.2) is 5.82 Å². The van der Waals surface area contributed by atoms with Gasteiger partial charge in [-0.3, -0.25) is 0 Å². The maximum Gasteiger partial charge on any atom is 0.230 e. The van der Waals surface area contributed by atoms with Crippen molar-refractivity contribution in [3.63, 3.8) is 0 Å². The highest BCUT2D eigenvalue weighted by Crippen LogP contribution is 2.30. The van der Waals surface area contributed by atoms with Crippen molar-refractivity contribution in [2.24, 2.45) is 0 Å². The predicted molar refractivity (Wildman–Crippen MR) is 79.3 cm³/mol. The van der Waals surface area contributed by atoms with E-state index in [4.69, 9.17) is 0 Å². The van der Waals surface area contributed by atoms with E-state index < -0.39 is 0 Å². The number of hydrogen-bond acceptors (Lipinski definition) is 6. The third kappa shape index (κ3) is 2.78. The monoisotopic (exact) mass is 327 g/mol. The highest BCUT2D eigenvalue weighted by molar-refractivity contribution is 9.10. The second kappa shape index (κ2) is 5.62. The van der Waals surface area contributed by atoms with Gasteiger partial charge in [0, 0.05) is 41.4 Å². The summed E-state index contributed by atoms with van der Waals surface area (Å²) < 4.78 is 1.01. The summed E-state index contributed by atoms with van der Waals surface area (Å²) in [6.45, 7) is 2.79. The smallest absolute Gasteiger partial charge is 0.230 e. The lowest BCUT2D eigenvalue weighted by Crippen LogP contribution is -2.15. The number of anilines is 2. The van der Waals surface area contributed by atoms with Crippen LogP contribution in [-0.4, -0.2) is 35.6 Å². The second-order valence-corrected chi connectivity index (χ2v) is 5.44. The van der Waals surface area contributed by atoms with E-state index in [1.165, 1.54) is 0 Å². The van der Waals surface area contributed by atoms with E-state index in [9.17, 15) is 0 Å².